The van der Waals surface area contributed by atoms with Crippen LogP contribution in [0.25, 0.3) is 0 Å². The fourth-order valence-corrected chi connectivity index (χ4v) is 2.34. The van der Waals surface area contributed by atoms with Crippen LogP contribution in [0.2, 0.25) is 0 Å². The van der Waals surface area contributed by atoms with Gasteiger partial charge in [-0.1, -0.05) is 12.1 Å². The van der Waals surface area contributed by atoms with Crippen molar-refractivity contribution in [2.45, 2.75) is 26.8 Å². The molecule has 0 aliphatic carbocycles. The number of guanidine groups is 1. The summed E-state index contributed by atoms with van der Waals surface area (Å²) in [6.07, 6.45) is 0.853. The zero-order chi connectivity index (χ0) is 21.5. The standard InChI is InChI=1S/C21H36N4O4/c1-6-28-11-7-10-22-21(24-16-20(26)25(3)4)23-15-18-9-8-17(2)14-19(18)29-13-12-27-5/h8-9,14H,6-7,10-13,15-16H2,1-5H3,(H2,22,23,24). The van der Waals surface area contributed by atoms with Gasteiger partial charge in [-0.15, -0.1) is 0 Å². The van der Waals surface area contributed by atoms with Gasteiger partial charge < -0.3 is 29.7 Å². The first kappa shape index (κ1) is 24.7. The van der Waals surface area contributed by atoms with Crippen LogP contribution < -0.4 is 15.4 Å². The summed E-state index contributed by atoms with van der Waals surface area (Å²) in [5.41, 5.74) is 2.09. The van der Waals surface area contributed by atoms with Crippen LogP contribution in [0.4, 0.5) is 0 Å². The van der Waals surface area contributed by atoms with E-state index < -0.39 is 0 Å². The van der Waals surface area contributed by atoms with E-state index in [-0.39, 0.29) is 12.5 Å². The van der Waals surface area contributed by atoms with Crippen molar-refractivity contribution in [1.82, 2.24) is 15.5 Å². The van der Waals surface area contributed by atoms with Gasteiger partial charge in [-0.2, -0.15) is 0 Å². The van der Waals surface area contributed by atoms with E-state index in [1.165, 1.54) is 0 Å². The summed E-state index contributed by atoms with van der Waals surface area (Å²) in [6, 6.07) is 6.05. The minimum absolute atomic E-state index is 0.0206. The van der Waals surface area contributed by atoms with E-state index in [0.29, 0.717) is 45.5 Å². The first-order valence-electron chi connectivity index (χ1n) is 9.99. The highest BCUT2D eigenvalue weighted by molar-refractivity contribution is 5.86. The van der Waals surface area contributed by atoms with E-state index in [1.54, 1.807) is 26.1 Å². The number of nitrogens with one attached hydrogen (secondary N) is 2. The summed E-state index contributed by atoms with van der Waals surface area (Å²) in [6.45, 7) is 7.70. The molecule has 164 valence electrons. The maximum Gasteiger partial charge on any atom is 0.241 e. The number of carbonyl (C=O) groups is 1. The summed E-state index contributed by atoms with van der Waals surface area (Å²) in [7, 11) is 5.10. The molecular weight excluding hydrogens is 372 g/mol. The lowest BCUT2D eigenvalue weighted by Crippen LogP contribution is -2.43. The van der Waals surface area contributed by atoms with Crippen LogP contribution in [-0.4, -0.2) is 77.5 Å². The molecule has 0 unspecified atom stereocenters. The van der Waals surface area contributed by atoms with Crippen LogP contribution in [0.3, 0.4) is 0 Å². The Balaban J connectivity index is 2.78. The second kappa shape index (κ2) is 14.6. The molecule has 0 atom stereocenters. The van der Waals surface area contributed by atoms with Crippen LogP contribution in [0.5, 0.6) is 5.75 Å². The van der Waals surface area contributed by atoms with Gasteiger partial charge in [0.05, 0.1) is 19.7 Å². The Morgan fingerprint density at radius 2 is 1.97 bits per heavy atom. The van der Waals surface area contributed by atoms with Crippen molar-refractivity contribution < 1.29 is 19.0 Å². The minimum Gasteiger partial charge on any atom is -0.491 e. The molecule has 8 nitrogen and oxygen atoms in total. The van der Waals surface area contributed by atoms with E-state index >= 15 is 0 Å². The monoisotopic (exact) mass is 408 g/mol. The predicted octanol–water partition coefficient (Wildman–Crippen LogP) is 1.57. The van der Waals surface area contributed by atoms with E-state index in [1.807, 2.05) is 32.0 Å². The Morgan fingerprint density at radius 1 is 1.17 bits per heavy atom. The number of benzene rings is 1. The summed E-state index contributed by atoms with van der Waals surface area (Å²) >= 11 is 0. The third-order valence-electron chi connectivity index (χ3n) is 4.04. The van der Waals surface area contributed by atoms with Gasteiger partial charge in [0.1, 0.15) is 12.4 Å². The van der Waals surface area contributed by atoms with E-state index in [0.717, 1.165) is 23.3 Å². The van der Waals surface area contributed by atoms with Crippen LogP contribution >= 0.6 is 0 Å². The van der Waals surface area contributed by atoms with Crippen molar-refractivity contribution in [3.8, 4) is 5.75 Å². The van der Waals surface area contributed by atoms with Crippen molar-refractivity contribution in [2.75, 3.05) is 60.7 Å². The van der Waals surface area contributed by atoms with Crippen LogP contribution in [0.15, 0.2) is 23.2 Å². The third-order valence-corrected chi connectivity index (χ3v) is 4.04. The Labute approximate surface area is 174 Å². The second-order valence-electron chi connectivity index (χ2n) is 6.74. The van der Waals surface area contributed by atoms with Crippen molar-refractivity contribution in [3.63, 3.8) is 0 Å². The molecule has 2 N–H and O–H groups in total. The van der Waals surface area contributed by atoms with Gasteiger partial charge in [-0.05, 0) is 31.9 Å². The van der Waals surface area contributed by atoms with Gasteiger partial charge in [0, 0.05) is 46.5 Å². The van der Waals surface area contributed by atoms with Crippen molar-refractivity contribution >= 4 is 11.9 Å². The normalized spacial score (nSPS) is 11.3. The van der Waals surface area contributed by atoms with Crippen LogP contribution in [-0.2, 0) is 20.8 Å². The molecule has 0 heterocycles. The predicted molar refractivity (Wildman–Crippen MR) is 115 cm³/mol. The van der Waals surface area contributed by atoms with Crippen molar-refractivity contribution in [1.29, 1.82) is 0 Å². The number of ether oxygens (including phenoxy) is 3. The molecule has 0 spiro atoms. The number of methoxy groups -OCH3 is 1. The molecule has 1 aromatic carbocycles. The lowest BCUT2D eigenvalue weighted by atomic mass is 10.1. The average Bonchev–Trinajstić information content (AvgIpc) is 2.70. The number of amides is 1. The largest absolute Gasteiger partial charge is 0.491 e. The quantitative estimate of drug-likeness (QED) is 0.293. The van der Waals surface area contributed by atoms with Gasteiger partial charge in [-0.25, -0.2) is 4.99 Å². The number of aliphatic imine (C=N–C) groups is 1. The molecule has 8 heteroatoms. The lowest BCUT2D eigenvalue weighted by Gasteiger charge is -2.16. The average molecular weight is 409 g/mol. The summed E-state index contributed by atoms with van der Waals surface area (Å²) in [5.74, 6) is 1.36. The number of hydrogen-bond donors (Lipinski definition) is 2. The van der Waals surface area contributed by atoms with E-state index in [4.69, 9.17) is 14.2 Å². The van der Waals surface area contributed by atoms with Crippen molar-refractivity contribution in [3.05, 3.63) is 29.3 Å². The molecule has 0 bridgehead atoms. The van der Waals surface area contributed by atoms with E-state index in [2.05, 4.69) is 15.6 Å². The molecule has 29 heavy (non-hydrogen) atoms. The smallest absolute Gasteiger partial charge is 0.241 e. The van der Waals surface area contributed by atoms with Gasteiger partial charge in [0.15, 0.2) is 5.96 Å². The molecule has 0 radical (unpaired) electrons. The fraction of sp³-hybridized carbons (Fsp3) is 0.619. The maximum atomic E-state index is 11.9. The molecular formula is C21H36N4O4. The van der Waals surface area contributed by atoms with E-state index in [9.17, 15) is 4.79 Å². The summed E-state index contributed by atoms with van der Waals surface area (Å²) in [5, 5.41) is 6.34. The Hall–Kier alpha value is -2.32. The van der Waals surface area contributed by atoms with Gasteiger partial charge in [-0.3, -0.25) is 4.79 Å². The summed E-state index contributed by atoms with van der Waals surface area (Å²) < 4.78 is 16.3. The molecule has 0 saturated carbocycles. The Bertz CT molecular complexity index is 635. The molecule has 0 saturated heterocycles. The van der Waals surface area contributed by atoms with Crippen LogP contribution in [0.1, 0.15) is 24.5 Å². The lowest BCUT2D eigenvalue weighted by molar-refractivity contribution is -0.127. The molecule has 0 aliphatic rings. The molecule has 0 aromatic heterocycles. The number of aryl methyl sites for hydroxylation is 1. The molecule has 0 fully saturated rings. The number of rotatable bonds is 13. The van der Waals surface area contributed by atoms with Gasteiger partial charge in [0.2, 0.25) is 5.91 Å². The minimum atomic E-state index is -0.0206. The van der Waals surface area contributed by atoms with Gasteiger partial charge >= 0.3 is 0 Å². The highest BCUT2D eigenvalue weighted by Gasteiger charge is 2.08. The molecule has 1 rings (SSSR count). The number of likely N-dealkylation sites (N-methyl/N-ethyl adjacent to an activating group) is 1. The fourth-order valence-electron chi connectivity index (χ4n) is 2.34. The van der Waals surface area contributed by atoms with Crippen LogP contribution in [0, 0.1) is 6.92 Å². The second-order valence-corrected chi connectivity index (χ2v) is 6.74. The Kier molecular flexibility index (Phi) is 12.5. The topological polar surface area (TPSA) is 84.4 Å². The highest BCUT2D eigenvalue weighted by Crippen LogP contribution is 2.21. The first-order chi connectivity index (χ1) is 14.0. The third kappa shape index (κ3) is 10.7. The first-order valence-corrected chi connectivity index (χ1v) is 9.99. The molecule has 0 aliphatic heterocycles. The summed E-state index contributed by atoms with van der Waals surface area (Å²) in [4.78, 5) is 18.1. The maximum absolute atomic E-state index is 11.9. The SMILES string of the molecule is CCOCCCNC(=NCc1ccc(C)cc1OCCOC)NCC(=O)N(C)C. The van der Waals surface area contributed by atoms with Crippen molar-refractivity contribution in [2.24, 2.45) is 4.99 Å². The zero-order valence-corrected chi connectivity index (χ0v) is 18.4. The zero-order valence-electron chi connectivity index (χ0n) is 18.4. The number of nitrogens with zero attached hydrogens (tertiary/aromatic N) is 2. The molecule has 1 amide bonds. The Morgan fingerprint density at radius 3 is 2.66 bits per heavy atom. The van der Waals surface area contributed by atoms with Gasteiger partial charge in [0.25, 0.3) is 0 Å². The number of hydrogen-bond acceptors (Lipinski definition) is 5. The molecule has 1 aromatic rings. The number of carbonyl (C=O) groups excluding carboxylic acids is 1. The highest BCUT2D eigenvalue weighted by atomic mass is 16.5.